The lowest BCUT2D eigenvalue weighted by molar-refractivity contribution is -0.151. The fourth-order valence-corrected chi connectivity index (χ4v) is 6.26. The van der Waals surface area contributed by atoms with Crippen LogP contribution in [0.3, 0.4) is 0 Å². The van der Waals surface area contributed by atoms with Gasteiger partial charge in [0, 0.05) is 6.42 Å². The molecule has 0 aromatic rings. The van der Waals surface area contributed by atoms with E-state index in [0.29, 0.717) is 19.3 Å². The molecule has 0 saturated heterocycles. The molecule has 0 fully saturated rings. The van der Waals surface area contributed by atoms with Gasteiger partial charge >= 0.3 is 5.97 Å². The third kappa shape index (κ3) is 33.3. The summed E-state index contributed by atoms with van der Waals surface area (Å²) >= 11 is 0. The first-order valence-electron chi connectivity index (χ1n) is 21.1. The normalized spacial score (nSPS) is 13.7. The van der Waals surface area contributed by atoms with Crippen LogP contribution in [0.1, 0.15) is 213 Å². The first-order valence-corrected chi connectivity index (χ1v) is 21.1. The molecule has 0 aliphatic carbocycles. The average molecular weight is 692 g/mol. The summed E-state index contributed by atoms with van der Waals surface area (Å²) in [6, 6.07) is -0.700. The van der Waals surface area contributed by atoms with Crippen molar-refractivity contribution < 1.29 is 24.5 Å². The highest BCUT2D eigenvalue weighted by Gasteiger charge is 2.24. The molecule has 49 heavy (non-hydrogen) atoms. The predicted molar refractivity (Wildman–Crippen MR) is 209 cm³/mol. The van der Waals surface area contributed by atoms with E-state index in [1.807, 2.05) is 0 Å². The number of allylic oxidation sites excluding steroid dienone is 4. The second-order valence-electron chi connectivity index (χ2n) is 14.4. The molecule has 0 aromatic carbocycles. The molecule has 0 heterocycles. The van der Waals surface area contributed by atoms with Gasteiger partial charge in [0.15, 0.2) is 0 Å². The molecule has 6 heteroatoms. The first kappa shape index (κ1) is 47.3. The van der Waals surface area contributed by atoms with Crippen LogP contribution in [0.2, 0.25) is 0 Å². The Labute approximate surface area is 303 Å². The van der Waals surface area contributed by atoms with Gasteiger partial charge in [-0.15, -0.1) is 0 Å². The molecular weight excluding hydrogens is 610 g/mol. The Morgan fingerprint density at radius 2 is 1.02 bits per heavy atom. The Hall–Kier alpha value is -1.66. The predicted octanol–water partition coefficient (Wildman–Crippen LogP) is 11.6. The van der Waals surface area contributed by atoms with Crippen LogP contribution in [0.25, 0.3) is 0 Å². The number of hydrogen-bond donors (Lipinski definition) is 3. The Morgan fingerprint density at radius 3 is 1.55 bits per heavy atom. The maximum absolute atomic E-state index is 13.0. The lowest BCUT2D eigenvalue weighted by Gasteiger charge is -2.24. The Morgan fingerprint density at radius 1 is 0.571 bits per heavy atom. The van der Waals surface area contributed by atoms with Crippen LogP contribution in [0.5, 0.6) is 0 Å². The summed E-state index contributed by atoms with van der Waals surface area (Å²) in [5.41, 5.74) is 0. The van der Waals surface area contributed by atoms with Crippen LogP contribution in [-0.4, -0.2) is 46.9 Å². The van der Waals surface area contributed by atoms with Gasteiger partial charge in [-0.25, -0.2) is 0 Å². The van der Waals surface area contributed by atoms with Crippen LogP contribution in [0, 0.1) is 0 Å². The largest absolute Gasteiger partial charge is 0.462 e. The molecule has 0 aliphatic heterocycles. The Kier molecular flexibility index (Phi) is 36.3. The second-order valence-corrected chi connectivity index (χ2v) is 14.4. The fraction of sp³-hybridized carbons (Fsp3) is 0.860. The average Bonchev–Trinajstić information content (AvgIpc) is 3.09. The highest BCUT2D eigenvalue weighted by atomic mass is 16.5. The number of ether oxygens (including phenoxy) is 1. The van der Waals surface area contributed by atoms with Gasteiger partial charge in [0.05, 0.1) is 25.2 Å². The molecule has 0 aromatic heterocycles. The summed E-state index contributed by atoms with van der Waals surface area (Å²) in [6.45, 7) is 6.32. The smallest absolute Gasteiger partial charge is 0.306 e. The molecule has 0 saturated carbocycles. The summed E-state index contributed by atoms with van der Waals surface area (Å²) in [5.74, 6) is -0.505. The molecule has 0 spiro atoms. The highest BCUT2D eigenvalue weighted by Crippen LogP contribution is 2.17. The molecule has 0 aliphatic rings. The van der Waals surface area contributed by atoms with Gasteiger partial charge in [0.1, 0.15) is 6.10 Å². The third-order valence-electron chi connectivity index (χ3n) is 9.46. The number of nitrogens with one attached hydrogen (secondary N) is 1. The number of carbonyl (C=O) groups excluding carboxylic acids is 2. The van der Waals surface area contributed by atoms with Crippen molar-refractivity contribution in [1.29, 1.82) is 0 Å². The molecule has 288 valence electrons. The molecule has 3 unspecified atom stereocenters. The number of carbonyl (C=O) groups is 2. The minimum Gasteiger partial charge on any atom is -0.462 e. The SMILES string of the molecule is CCC/C=C\CCCCCCCC(=O)OC(CCCCC/C=C\CCC)CC(=O)NC(CO)C(O)CCCCCCCCCCCCCC. The minimum atomic E-state index is -0.786. The monoisotopic (exact) mass is 692 g/mol. The first-order chi connectivity index (χ1) is 24.0. The molecule has 0 radical (unpaired) electrons. The molecular formula is C43H81NO5. The zero-order valence-electron chi connectivity index (χ0n) is 32.6. The van der Waals surface area contributed by atoms with Crippen molar-refractivity contribution in [2.45, 2.75) is 232 Å². The topological polar surface area (TPSA) is 95.9 Å². The van der Waals surface area contributed by atoms with Gasteiger partial charge in [0.25, 0.3) is 0 Å². The van der Waals surface area contributed by atoms with E-state index in [9.17, 15) is 19.8 Å². The van der Waals surface area contributed by atoms with Gasteiger partial charge in [-0.1, -0.05) is 161 Å². The van der Waals surface area contributed by atoms with Crippen LogP contribution in [0.4, 0.5) is 0 Å². The lowest BCUT2D eigenvalue weighted by Crippen LogP contribution is -2.46. The van der Waals surface area contributed by atoms with Gasteiger partial charge in [-0.3, -0.25) is 9.59 Å². The van der Waals surface area contributed by atoms with E-state index >= 15 is 0 Å². The van der Waals surface area contributed by atoms with Gasteiger partial charge < -0.3 is 20.3 Å². The molecule has 1 amide bonds. The Balaban J connectivity index is 4.52. The maximum atomic E-state index is 13.0. The summed E-state index contributed by atoms with van der Waals surface area (Å²) in [6.07, 6.45) is 39.6. The van der Waals surface area contributed by atoms with E-state index in [1.165, 1.54) is 77.0 Å². The van der Waals surface area contributed by atoms with E-state index in [-0.39, 0.29) is 24.9 Å². The van der Waals surface area contributed by atoms with E-state index in [2.05, 4.69) is 50.4 Å². The number of unbranched alkanes of at least 4 members (excludes halogenated alkanes) is 21. The maximum Gasteiger partial charge on any atom is 0.306 e. The number of esters is 1. The van der Waals surface area contributed by atoms with E-state index in [4.69, 9.17) is 4.74 Å². The van der Waals surface area contributed by atoms with Crippen molar-refractivity contribution in [2.75, 3.05) is 6.61 Å². The summed E-state index contributed by atoms with van der Waals surface area (Å²) in [4.78, 5) is 25.8. The van der Waals surface area contributed by atoms with Crippen molar-refractivity contribution in [3.63, 3.8) is 0 Å². The quantitative estimate of drug-likeness (QED) is 0.0342. The standard InChI is InChI=1S/C43H81NO5/c1-4-7-10-13-16-19-21-22-23-26-29-32-35-41(46)40(38-45)44-42(47)37-39(34-31-28-25-18-15-12-9-6-3)49-43(48)36-33-30-27-24-20-17-14-11-8-5-2/h11-12,14-15,39-41,45-46H,4-10,13,16-38H2,1-3H3,(H,44,47)/b14-11-,15-12-. The number of rotatable bonds is 37. The highest BCUT2D eigenvalue weighted by molar-refractivity contribution is 5.77. The van der Waals surface area contributed by atoms with Crippen molar-refractivity contribution >= 4 is 11.9 Å². The summed E-state index contributed by atoms with van der Waals surface area (Å²) in [7, 11) is 0. The number of aliphatic hydroxyl groups excluding tert-OH is 2. The lowest BCUT2D eigenvalue weighted by atomic mass is 10.0. The van der Waals surface area contributed by atoms with Crippen LogP contribution in [0.15, 0.2) is 24.3 Å². The summed E-state index contributed by atoms with van der Waals surface area (Å²) < 4.78 is 5.84. The molecule has 3 atom stereocenters. The van der Waals surface area contributed by atoms with Crippen molar-refractivity contribution in [3.8, 4) is 0 Å². The molecule has 6 nitrogen and oxygen atoms in total. The number of amides is 1. The molecule has 0 bridgehead atoms. The van der Waals surface area contributed by atoms with Gasteiger partial charge in [-0.05, 0) is 64.2 Å². The van der Waals surface area contributed by atoms with E-state index < -0.39 is 18.2 Å². The van der Waals surface area contributed by atoms with Gasteiger partial charge in [0.2, 0.25) is 5.91 Å². The van der Waals surface area contributed by atoms with Crippen LogP contribution >= 0.6 is 0 Å². The van der Waals surface area contributed by atoms with Crippen LogP contribution < -0.4 is 5.32 Å². The van der Waals surface area contributed by atoms with E-state index in [0.717, 1.165) is 89.9 Å². The number of aliphatic hydroxyl groups is 2. The minimum absolute atomic E-state index is 0.0650. The van der Waals surface area contributed by atoms with Crippen molar-refractivity contribution in [1.82, 2.24) is 5.32 Å². The molecule has 3 N–H and O–H groups in total. The Bertz CT molecular complexity index is 782. The second kappa shape index (κ2) is 37.6. The van der Waals surface area contributed by atoms with E-state index in [1.54, 1.807) is 0 Å². The van der Waals surface area contributed by atoms with Crippen molar-refractivity contribution in [2.24, 2.45) is 0 Å². The number of hydrogen-bond acceptors (Lipinski definition) is 5. The molecule has 0 rings (SSSR count). The summed E-state index contributed by atoms with van der Waals surface area (Å²) in [5, 5.41) is 23.5. The zero-order chi connectivity index (χ0) is 36.0. The van der Waals surface area contributed by atoms with Crippen molar-refractivity contribution in [3.05, 3.63) is 24.3 Å². The zero-order valence-corrected chi connectivity index (χ0v) is 32.6. The fourth-order valence-electron chi connectivity index (χ4n) is 6.26. The third-order valence-corrected chi connectivity index (χ3v) is 9.46. The van der Waals surface area contributed by atoms with Gasteiger partial charge in [-0.2, -0.15) is 0 Å². The van der Waals surface area contributed by atoms with Crippen LogP contribution in [-0.2, 0) is 14.3 Å².